The second-order valence-corrected chi connectivity index (χ2v) is 7.05. The van der Waals surface area contributed by atoms with E-state index in [2.05, 4.69) is 33.8 Å². The Morgan fingerprint density at radius 2 is 2.38 bits per heavy atom. The third kappa shape index (κ3) is 4.31. The van der Waals surface area contributed by atoms with E-state index in [4.69, 9.17) is 11.6 Å². The number of aromatic nitrogens is 1. The van der Waals surface area contributed by atoms with Crippen LogP contribution in [0.3, 0.4) is 0 Å². The molecule has 118 valence electrons. The van der Waals surface area contributed by atoms with Gasteiger partial charge in [0.2, 0.25) is 0 Å². The van der Waals surface area contributed by atoms with Crippen LogP contribution < -0.4 is 5.32 Å². The highest BCUT2D eigenvalue weighted by atomic mass is 35.5. The number of halogens is 1. The van der Waals surface area contributed by atoms with Crippen LogP contribution in [0.4, 0.5) is 5.13 Å². The first-order valence-electron chi connectivity index (χ1n) is 7.23. The van der Waals surface area contributed by atoms with Crippen molar-refractivity contribution in [2.75, 3.05) is 32.1 Å². The van der Waals surface area contributed by atoms with Crippen LogP contribution in [0.2, 0.25) is 5.15 Å². The first-order valence-corrected chi connectivity index (χ1v) is 8.43. The molecule has 0 aromatic carbocycles. The van der Waals surface area contributed by atoms with E-state index >= 15 is 0 Å². The molecular weight excluding hydrogens is 310 g/mol. The number of carbonyl (C=O) groups excluding carboxylic acids is 1. The largest absolute Gasteiger partial charge is 0.465 e. The zero-order chi connectivity index (χ0) is 15.4. The number of carbonyl (C=O) groups is 1. The Morgan fingerprint density at radius 3 is 3.05 bits per heavy atom. The van der Waals surface area contributed by atoms with Gasteiger partial charge in [-0.2, -0.15) is 0 Å². The highest BCUT2D eigenvalue weighted by Crippen LogP contribution is 2.28. The van der Waals surface area contributed by atoms with Gasteiger partial charge in [0.15, 0.2) is 15.2 Å². The Bertz CT molecular complexity index is 493. The lowest BCUT2D eigenvalue weighted by atomic mass is 10.1. The minimum atomic E-state index is -0.437. The fraction of sp³-hybridized carbons (Fsp3) is 0.714. The van der Waals surface area contributed by atoms with Crippen molar-refractivity contribution in [1.29, 1.82) is 0 Å². The van der Waals surface area contributed by atoms with Gasteiger partial charge in [0.25, 0.3) is 0 Å². The number of hydrogen-bond donors (Lipinski definition) is 1. The van der Waals surface area contributed by atoms with Crippen LogP contribution in [0.25, 0.3) is 0 Å². The van der Waals surface area contributed by atoms with Gasteiger partial charge in [-0.15, -0.1) is 0 Å². The van der Waals surface area contributed by atoms with Gasteiger partial charge in [-0.25, -0.2) is 9.78 Å². The molecule has 0 spiro atoms. The van der Waals surface area contributed by atoms with Gasteiger partial charge in [0.1, 0.15) is 0 Å². The topological polar surface area (TPSA) is 54.5 Å². The molecule has 1 fully saturated rings. The van der Waals surface area contributed by atoms with Crippen molar-refractivity contribution in [3.05, 3.63) is 10.0 Å². The maximum Gasteiger partial charge on any atom is 0.351 e. The minimum absolute atomic E-state index is 0.208. The highest BCUT2D eigenvalue weighted by Gasteiger charge is 2.25. The molecule has 0 saturated carbocycles. The maximum atomic E-state index is 11.5. The Morgan fingerprint density at radius 1 is 1.62 bits per heavy atom. The van der Waals surface area contributed by atoms with Crippen LogP contribution in [0, 0.1) is 5.92 Å². The van der Waals surface area contributed by atoms with Crippen LogP contribution in [-0.2, 0) is 4.74 Å². The first kappa shape index (κ1) is 16.5. The number of ether oxygens (including phenoxy) is 1. The number of likely N-dealkylation sites (tertiary alicyclic amines) is 1. The lowest BCUT2D eigenvalue weighted by Crippen LogP contribution is -2.37. The Labute approximate surface area is 134 Å². The van der Waals surface area contributed by atoms with Gasteiger partial charge in [-0.1, -0.05) is 36.8 Å². The molecule has 1 N–H and O–H groups in total. The molecule has 0 bridgehead atoms. The molecule has 5 nitrogen and oxygen atoms in total. The van der Waals surface area contributed by atoms with E-state index in [0.29, 0.717) is 22.0 Å². The molecule has 2 heterocycles. The number of thiazole rings is 1. The summed E-state index contributed by atoms with van der Waals surface area (Å²) in [4.78, 5) is 18.6. The van der Waals surface area contributed by atoms with E-state index < -0.39 is 5.97 Å². The molecule has 21 heavy (non-hydrogen) atoms. The summed E-state index contributed by atoms with van der Waals surface area (Å²) in [6, 6.07) is 0.525. The smallest absolute Gasteiger partial charge is 0.351 e. The van der Waals surface area contributed by atoms with Gasteiger partial charge < -0.3 is 10.1 Å². The van der Waals surface area contributed by atoms with Crippen molar-refractivity contribution in [3.63, 3.8) is 0 Å². The molecule has 1 aromatic rings. The molecule has 1 aliphatic rings. The number of nitrogens with one attached hydrogen (secondary N) is 1. The normalized spacial score (nSPS) is 19.2. The van der Waals surface area contributed by atoms with Gasteiger partial charge in [0, 0.05) is 19.1 Å². The third-order valence-corrected chi connectivity index (χ3v) is 4.92. The lowest BCUT2D eigenvalue weighted by Gasteiger charge is -2.26. The van der Waals surface area contributed by atoms with Crippen molar-refractivity contribution in [1.82, 2.24) is 9.88 Å². The molecule has 0 amide bonds. The summed E-state index contributed by atoms with van der Waals surface area (Å²) in [6.07, 6.45) is 2.44. The molecule has 1 atom stereocenters. The number of rotatable bonds is 6. The van der Waals surface area contributed by atoms with Crippen molar-refractivity contribution < 1.29 is 9.53 Å². The zero-order valence-electron chi connectivity index (χ0n) is 12.7. The van der Waals surface area contributed by atoms with Gasteiger partial charge >= 0.3 is 5.97 Å². The first-order chi connectivity index (χ1) is 10.0. The predicted molar refractivity (Wildman–Crippen MR) is 86.4 cm³/mol. The quantitative estimate of drug-likeness (QED) is 0.812. The summed E-state index contributed by atoms with van der Waals surface area (Å²) >= 11 is 7.20. The van der Waals surface area contributed by atoms with Crippen LogP contribution in [0.1, 0.15) is 36.4 Å². The summed E-state index contributed by atoms with van der Waals surface area (Å²) in [6.45, 7) is 7.60. The summed E-state index contributed by atoms with van der Waals surface area (Å²) < 4.78 is 4.68. The van der Waals surface area contributed by atoms with Crippen molar-refractivity contribution in [3.8, 4) is 0 Å². The number of hydrogen-bond acceptors (Lipinski definition) is 6. The monoisotopic (exact) mass is 331 g/mol. The van der Waals surface area contributed by atoms with Crippen molar-refractivity contribution >= 4 is 34.0 Å². The summed E-state index contributed by atoms with van der Waals surface area (Å²) in [5.74, 6) is 0.235. The van der Waals surface area contributed by atoms with Crippen molar-refractivity contribution in [2.24, 2.45) is 5.92 Å². The van der Waals surface area contributed by atoms with E-state index in [1.807, 2.05) is 0 Å². The molecule has 0 unspecified atom stereocenters. The second kappa shape index (κ2) is 7.42. The molecule has 1 aromatic heterocycles. The van der Waals surface area contributed by atoms with Gasteiger partial charge in [-0.3, -0.25) is 4.90 Å². The van der Waals surface area contributed by atoms with E-state index in [1.165, 1.54) is 31.3 Å². The molecular formula is C14H22ClN3O2S. The SMILES string of the molecule is COC(=O)c1sc(NC[C@H]2CCCN2CC(C)C)nc1Cl. The van der Waals surface area contributed by atoms with E-state index in [0.717, 1.165) is 19.6 Å². The third-order valence-electron chi connectivity index (χ3n) is 3.54. The zero-order valence-corrected chi connectivity index (χ0v) is 14.3. The Hall–Kier alpha value is -0.850. The molecule has 0 aliphatic carbocycles. The van der Waals surface area contributed by atoms with Crippen LogP contribution >= 0.6 is 22.9 Å². The molecule has 1 saturated heterocycles. The molecule has 0 radical (unpaired) electrons. The van der Waals surface area contributed by atoms with Gasteiger partial charge in [0.05, 0.1) is 7.11 Å². The van der Waals surface area contributed by atoms with E-state index in [1.54, 1.807) is 0 Å². The summed E-state index contributed by atoms with van der Waals surface area (Å²) in [5.41, 5.74) is 0. The minimum Gasteiger partial charge on any atom is -0.465 e. The number of anilines is 1. The number of esters is 1. The maximum absolute atomic E-state index is 11.5. The summed E-state index contributed by atoms with van der Waals surface area (Å²) in [5, 5.41) is 4.19. The van der Waals surface area contributed by atoms with E-state index in [9.17, 15) is 4.79 Å². The van der Waals surface area contributed by atoms with E-state index in [-0.39, 0.29) is 5.15 Å². The lowest BCUT2D eigenvalue weighted by molar-refractivity contribution is 0.0606. The molecule has 2 rings (SSSR count). The predicted octanol–water partition coefficient (Wildman–Crippen LogP) is 3.12. The number of nitrogens with zero attached hydrogens (tertiary/aromatic N) is 2. The summed E-state index contributed by atoms with van der Waals surface area (Å²) in [7, 11) is 1.34. The Kier molecular flexibility index (Phi) is 5.84. The standard InChI is InChI=1S/C14H22ClN3O2S/c1-9(2)8-18-6-4-5-10(18)7-16-14-17-12(15)11(21-14)13(19)20-3/h9-10H,4-8H2,1-3H3,(H,16,17)/t10-/m1/s1. The van der Waals surface area contributed by atoms with Crippen LogP contribution in [0.5, 0.6) is 0 Å². The average molecular weight is 332 g/mol. The fourth-order valence-electron chi connectivity index (χ4n) is 2.64. The molecule has 7 heteroatoms. The Balaban J connectivity index is 1.92. The number of methoxy groups -OCH3 is 1. The second-order valence-electron chi connectivity index (χ2n) is 5.70. The molecule has 1 aliphatic heterocycles. The van der Waals surface area contributed by atoms with Crippen LogP contribution in [0.15, 0.2) is 0 Å². The van der Waals surface area contributed by atoms with Crippen molar-refractivity contribution in [2.45, 2.75) is 32.7 Å². The highest BCUT2D eigenvalue weighted by molar-refractivity contribution is 7.18. The van der Waals surface area contributed by atoms with Crippen LogP contribution in [-0.4, -0.2) is 48.6 Å². The van der Waals surface area contributed by atoms with Gasteiger partial charge in [-0.05, 0) is 25.3 Å². The fourth-order valence-corrected chi connectivity index (χ4v) is 3.75. The average Bonchev–Trinajstić information content (AvgIpc) is 3.01.